The van der Waals surface area contributed by atoms with Crippen LogP contribution in [0.4, 0.5) is 0 Å². The van der Waals surface area contributed by atoms with E-state index in [0.717, 1.165) is 33.2 Å². The molecule has 2 heterocycles. The third-order valence-electron chi connectivity index (χ3n) is 3.79. The average Bonchev–Trinajstić information content (AvgIpc) is 2.84. The predicted molar refractivity (Wildman–Crippen MR) is 93.9 cm³/mol. The molecular weight excluding hydrogens is 306 g/mol. The summed E-state index contributed by atoms with van der Waals surface area (Å²) >= 11 is 1.52. The van der Waals surface area contributed by atoms with Crippen molar-refractivity contribution in [2.75, 3.05) is 0 Å². The van der Waals surface area contributed by atoms with E-state index in [9.17, 15) is 4.79 Å². The number of aryl methyl sites for hydroxylation is 2. The molecule has 3 aromatic rings. The lowest BCUT2D eigenvalue weighted by Gasteiger charge is -2.10. The van der Waals surface area contributed by atoms with E-state index in [-0.39, 0.29) is 11.0 Å². The number of carbonyl (C=O) groups excluding carboxylic acids is 1. The number of nitrogens with zero attached hydrogens (tertiary/aromatic N) is 3. The fourth-order valence-corrected chi connectivity index (χ4v) is 3.50. The summed E-state index contributed by atoms with van der Waals surface area (Å²) in [6.45, 7) is 7.50. The molecule has 2 aromatic heterocycles. The first-order valence-corrected chi connectivity index (χ1v) is 8.45. The fourth-order valence-electron chi connectivity index (χ4n) is 2.50. The van der Waals surface area contributed by atoms with Gasteiger partial charge in [0.05, 0.1) is 10.9 Å². The van der Waals surface area contributed by atoms with Crippen LogP contribution in [0.5, 0.6) is 0 Å². The maximum atomic E-state index is 11.6. The number of Topliss-reactive ketones (excluding diaryl/α,β-unsaturated/α-hetero) is 1. The molecule has 0 aliphatic heterocycles. The number of aromatic nitrogens is 3. The van der Waals surface area contributed by atoms with E-state index in [1.54, 1.807) is 6.92 Å². The molecule has 118 valence electrons. The number of benzene rings is 1. The molecule has 0 saturated heterocycles. The Morgan fingerprint density at radius 2 is 1.91 bits per heavy atom. The summed E-state index contributed by atoms with van der Waals surface area (Å²) in [7, 11) is 0. The molecule has 0 N–H and O–H groups in total. The van der Waals surface area contributed by atoms with Crippen LogP contribution in [0.1, 0.15) is 25.2 Å². The van der Waals surface area contributed by atoms with Gasteiger partial charge in [-0.1, -0.05) is 42.1 Å². The van der Waals surface area contributed by atoms with Crippen LogP contribution in [0.3, 0.4) is 0 Å². The van der Waals surface area contributed by atoms with Gasteiger partial charge in [-0.15, -0.1) is 0 Å². The van der Waals surface area contributed by atoms with Crippen LogP contribution in [0.2, 0.25) is 0 Å². The van der Waals surface area contributed by atoms with E-state index in [1.165, 1.54) is 11.8 Å². The first kappa shape index (κ1) is 15.7. The Labute approximate surface area is 139 Å². The van der Waals surface area contributed by atoms with E-state index < -0.39 is 0 Å². The minimum absolute atomic E-state index is 0.107. The van der Waals surface area contributed by atoms with Crippen LogP contribution in [0.25, 0.3) is 16.8 Å². The maximum Gasteiger partial charge on any atom is 0.164 e. The Kier molecular flexibility index (Phi) is 4.22. The lowest BCUT2D eigenvalue weighted by atomic mass is 10.1. The molecule has 0 bridgehead atoms. The molecule has 0 unspecified atom stereocenters. The van der Waals surface area contributed by atoms with Gasteiger partial charge in [-0.2, -0.15) is 5.10 Å². The monoisotopic (exact) mass is 325 g/mol. The zero-order valence-corrected chi connectivity index (χ0v) is 14.5. The Morgan fingerprint density at radius 3 is 2.57 bits per heavy atom. The quantitative estimate of drug-likeness (QED) is 0.535. The highest BCUT2D eigenvalue weighted by atomic mass is 32.2. The number of fused-ring (bicyclic) bond motifs is 1. The van der Waals surface area contributed by atoms with Gasteiger partial charge in [0.2, 0.25) is 0 Å². The second-order valence-corrected chi connectivity index (χ2v) is 7.03. The molecule has 1 atom stereocenters. The SMILES string of the molecule is CC(=O)[C@@H](C)Sc1cc(C)nc2c(-c3ccccc3)c(C)nn12. The predicted octanol–water partition coefficient (Wildman–Crippen LogP) is 4.08. The van der Waals surface area contributed by atoms with Gasteiger partial charge in [0.1, 0.15) is 10.8 Å². The maximum absolute atomic E-state index is 11.6. The average molecular weight is 325 g/mol. The summed E-state index contributed by atoms with van der Waals surface area (Å²) in [5.41, 5.74) is 4.85. The molecule has 5 heteroatoms. The second-order valence-electron chi connectivity index (χ2n) is 5.67. The van der Waals surface area contributed by atoms with Gasteiger partial charge in [-0.25, -0.2) is 9.50 Å². The van der Waals surface area contributed by atoms with E-state index in [0.29, 0.717) is 0 Å². The van der Waals surface area contributed by atoms with Gasteiger partial charge < -0.3 is 0 Å². The standard InChI is InChI=1S/C18H19N3OS/c1-11-10-16(23-14(4)13(3)22)21-18(19-11)17(12(2)20-21)15-8-6-5-7-9-15/h5-10,14H,1-4H3/t14-/m1/s1. The summed E-state index contributed by atoms with van der Waals surface area (Å²) in [5.74, 6) is 0.157. The van der Waals surface area contributed by atoms with E-state index in [4.69, 9.17) is 0 Å². The molecular formula is C18H19N3OS. The second kappa shape index (κ2) is 6.16. The van der Waals surface area contributed by atoms with E-state index in [1.807, 2.05) is 49.6 Å². The number of carbonyl (C=O) groups is 1. The van der Waals surface area contributed by atoms with Crippen molar-refractivity contribution in [3.63, 3.8) is 0 Å². The summed E-state index contributed by atoms with van der Waals surface area (Å²) in [6.07, 6.45) is 0. The van der Waals surface area contributed by atoms with Crippen molar-refractivity contribution in [2.24, 2.45) is 0 Å². The van der Waals surface area contributed by atoms with Crippen LogP contribution in [0, 0.1) is 13.8 Å². The Balaban J connectivity index is 2.20. The van der Waals surface area contributed by atoms with Gasteiger partial charge in [-0.3, -0.25) is 4.79 Å². The molecule has 0 aliphatic carbocycles. The lowest BCUT2D eigenvalue weighted by Crippen LogP contribution is -2.10. The number of hydrogen-bond acceptors (Lipinski definition) is 4. The topological polar surface area (TPSA) is 47.3 Å². The molecule has 0 fully saturated rings. The number of rotatable bonds is 4. The molecule has 0 spiro atoms. The molecule has 23 heavy (non-hydrogen) atoms. The van der Waals surface area contributed by atoms with Crippen molar-refractivity contribution in [1.82, 2.24) is 14.6 Å². The van der Waals surface area contributed by atoms with Crippen molar-refractivity contribution in [2.45, 2.75) is 38.0 Å². The molecule has 3 rings (SSSR count). The number of hydrogen-bond donors (Lipinski definition) is 0. The zero-order chi connectivity index (χ0) is 16.6. The van der Waals surface area contributed by atoms with Crippen molar-refractivity contribution < 1.29 is 4.79 Å². The molecule has 1 aromatic carbocycles. The highest BCUT2D eigenvalue weighted by Crippen LogP contribution is 2.31. The summed E-state index contributed by atoms with van der Waals surface area (Å²) < 4.78 is 1.86. The zero-order valence-electron chi connectivity index (χ0n) is 13.7. The normalized spacial score (nSPS) is 12.5. The van der Waals surface area contributed by atoms with Crippen molar-refractivity contribution >= 4 is 23.2 Å². The van der Waals surface area contributed by atoms with Gasteiger partial charge in [0.25, 0.3) is 0 Å². The molecule has 0 aliphatic rings. The highest BCUT2D eigenvalue weighted by molar-refractivity contribution is 8.00. The summed E-state index contributed by atoms with van der Waals surface area (Å²) in [5, 5.41) is 5.50. The van der Waals surface area contributed by atoms with Crippen molar-refractivity contribution in [3.8, 4) is 11.1 Å². The minimum Gasteiger partial charge on any atom is -0.299 e. The Bertz CT molecular complexity index is 871. The third-order valence-corrected chi connectivity index (χ3v) is 5.01. The number of thioether (sulfide) groups is 1. The van der Waals surface area contributed by atoms with Gasteiger partial charge in [-0.05, 0) is 39.3 Å². The largest absolute Gasteiger partial charge is 0.299 e. The molecule has 0 saturated carbocycles. The Hall–Kier alpha value is -2.14. The van der Waals surface area contributed by atoms with Crippen LogP contribution in [0.15, 0.2) is 41.4 Å². The van der Waals surface area contributed by atoms with Crippen LogP contribution in [-0.4, -0.2) is 25.6 Å². The molecule has 4 nitrogen and oxygen atoms in total. The van der Waals surface area contributed by atoms with Gasteiger partial charge >= 0.3 is 0 Å². The van der Waals surface area contributed by atoms with Crippen LogP contribution in [-0.2, 0) is 4.79 Å². The fraction of sp³-hybridized carbons (Fsp3) is 0.278. The van der Waals surface area contributed by atoms with Crippen LogP contribution >= 0.6 is 11.8 Å². The highest BCUT2D eigenvalue weighted by Gasteiger charge is 2.18. The lowest BCUT2D eigenvalue weighted by molar-refractivity contribution is -0.116. The molecule has 0 amide bonds. The smallest absolute Gasteiger partial charge is 0.164 e. The van der Waals surface area contributed by atoms with Crippen molar-refractivity contribution in [1.29, 1.82) is 0 Å². The molecule has 0 radical (unpaired) electrons. The van der Waals surface area contributed by atoms with Crippen LogP contribution < -0.4 is 0 Å². The van der Waals surface area contributed by atoms with E-state index >= 15 is 0 Å². The van der Waals surface area contributed by atoms with Crippen molar-refractivity contribution in [3.05, 3.63) is 47.8 Å². The Morgan fingerprint density at radius 1 is 1.22 bits per heavy atom. The third kappa shape index (κ3) is 3.01. The van der Waals surface area contributed by atoms with Gasteiger partial charge in [0, 0.05) is 11.3 Å². The first-order valence-electron chi connectivity index (χ1n) is 7.57. The summed E-state index contributed by atoms with van der Waals surface area (Å²) in [6, 6.07) is 12.2. The number of ketones is 1. The van der Waals surface area contributed by atoms with E-state index in [2.05, 4.69) is 22.2 Å². The van der Waals surface area contributed by atoms with Gasteiger partial charge in [0.15, 0.2) is 5.65 Å². The first-order chi connectivity index (χ1) is 11.0. The summed E-state index contributed by atoms with van der Waals surface area (Å²) in [4.78, 5) is 16.3. The minimum atomic E-state index is -0.107.